The molecule has 0 aliphatic heterocycles. The monoisotopic (exact) mass is 491 g/mol. The number of carboxylic acid groups (broad SMARTS) is 2. The van der Waals surface area contributed by atoms with E-state index in [1.54, 1.807) is 13.8 Å². The second-order valence-corrected chi connectivity index (χ2v) is 8.67. The Kier molecular flexibility index (Phi) is 13.7. The van der Waals surface area contributed by atoms with Crippen LogP contribution in [0, 0.1) is 5.92 Å². The quantitative estimate of drug-likeness (QED) is 0.125. The fourth-order valence-electron chi connectivity index (χ4n) is 2.63. The summed E-state index contributed by atoms with van der Waals surface area (Å²) in [5.41, 5.74) is 10.8. The highest BCUT2D eigenvalue weighted by Gasteiger charge is 2.32. The molecule has 0 aliphatic carbocycles. The van der Waals surface area contributed by atoms with Gasteiger partial charge in [0.15, 0.2) is 0 Å². The van der Waals surface area contributed by atoms with E-state index in [1.165, 1.54) is 11.8 Å². The van der Waals surface area contributed by atoms with Gasteiger partial charge in [0.25, 0.3) is 0 Å². The number of rotatable bonds is 16. The molecule has 4 unspecified atom stereocenters. The molecule has 33 heavy (non-hydrogen) atoms. The summed E-state index contributed by atoms with van der Waals surface area (Å²) in [7, 11) is 0. The minimum atomic E-state index is -1.63. The summed E-state index contributed by atoms with van der Waals surface area (Å²) in [5.74, 6) is -5.95. The smallest absolute Gasteiger partial charge is 0.326 e. The molecular weight excluding hydrogens is 458 g/mol. The Hall–Kier alpha value is -2.87. The molecule has 0 spiro atoms. The number of carbonyl (C=O) groups is 6. The fourth-order valence-corrected chi connectivity index (χ4v) is 3.12. The summed E-state index contributed by atoms with van der Waals surface area (Å²) in [4.78, 5) is 71.1. The second kappa shape index (κ2) is 15.1. The predicted octanol–water partition coefficient (Wildman–Crippen LogP) is -2.00. The van der Waals surface area contributed by atoms with Gasteiger partial charge >= 0.3 is 11.9 Å². The Balaban J connectivity index is 5.41. The van der Waals surface area contributed by atoms with Crippen molar-refractivity contribution in [3.63, 3.8) is 0 Å². The highest BCUT2D eigenvalue weighted by atomic mass is 32.2. The number of hydrogen-bond acceptors (Lipinski definition) is 8. The largest absolute Gasteiger partial charge is 0.481 e. The summed E-state index contributed by atoms with van der Waals surface area (Å²) < 4.78 is 0. The third kappa shape index (κ3) is 12.1. The molecule has 0 bridgehead atoms. The number of carboxylic acids is 2. The molecule has 0 aromatic heterocycles. The van der Waals surface area contributed by atoms with E-state index in [-0.39, 0.29) is 12.8 Å². The zero-order valence-corrected chi connectivity index (χ0v) is 19.6. The number of hydrogen-bond donors (Lipinski definition) is 7. The summed E-state index contributed by atoms with van der Waals surface area (Å²) in [5, 5.41) is 25.2. The zero-order chi connectivity index (χ0) is 25.7. The SMILES string of the molecule is CSCCC(N)C(=O)NC(C(=O)NC(CC(=O)O)C(=O)NC(CCC(N)=O)C(=O)O)C(C)C. The fraction of sp³-hybridized carbons (Fsp3) is 0.684. The second-order valence-electron chi connectivity index (χ2n) is 7.68. The first-order chi connectivity index (χ1) is 15.3. The molecule has 0 heterocycles. The average Bonchev–Trinajstić information content (AvgIpc) is 2.70. The molecule has 0 rings (SSSR count). The molecular formula is C19H33N5O8S. The molecule has 0 aromatic carbocycles. The molecule has 13 nitrogen and oxygen atoms in total. The standard InChI is InChI=1S/C19H33N5O8S/c1-9(2)15(24-16(28)10(20)6-7-33-3)18(30)23-12(8-14(26)27)17(29)22-11(19(31)32)4-5-13(21)25/h9-12,15H,4-8,20H2,1-3H3,(H2,21,25)(H,22,29)(H,23,30)(H,24,28)(H,26,27)(H,31,32). The maximum absolute atomic E-state index is 12.8. The van der Waals surface area contributed by atoms with Gasteiger partial charge in [0.1, 0.15) is 18.1 Å². The summed E-state index contributed by atoms with van der Waals surface area (Å²) in [6, 6.07) is -5.12. The number of carbonyl (C=O) groups excluding carboxylic acids is 4. The van der Waals surface area contributed by atoms with Gasteiger partial charge < -0.3 is 37.6 Å². The van der Waals surface area contributed by atoms with Gasteiger partial charge in [0, 0.05) is 6.42 Å². The lowest BCUT2D eigenvalue weighted by Crippen LogP contribution is -2.58. The first-order valence-corrected chi connectivity index (χ1v) is 11.6. The van der Waals surface area contributed by atoms with Crippen LogP contribution in [0.1, 0.15) is 39.5 Å². The van der Waals surface area contributed by atoms with Gasteiger partial charge in [-0.25, -0.2) is 4.79 Å². The van der Waals surface area contributed by atoms with Crippen molar-refractivity contribution in [2.75, 3.05) is 12.0 Å². The third-order valence-corrected chi connectivity index (χ3v) is 5.17. The van der Waals surface area contributed by atoms with Crippen LogP contribution in [-0.4, -0.2) is 82.0 Å². The Morgan fingerprint density at radius 1 is 0.879 bits per heavy atom. The summed E-state index contributed by atoms with van der Waals surface area (Å²) in [6.45, 7) is 3.27. The van der Waals surface area contributed by atoms with E-state index < -0.39 is 72.1 Å². The van der Waals surface area contributed by atoms with Gasteiger partial charge in [-0.1, -0.05) is 13.8 Å². The van der Waals surface area contributed by atoms with E-state index in [1.807, 2.05) is 6.26 Å². The predicted molar refractivity (Wildman–Crippen MR) is 120 cm³/mol. The number of primary amides is 1. The van der Waals surface area contributed by atoms with E-state index in [0.717, 1.165) is 0 Å². The van der Waals surface area contributed by atoms with Gasteiger partial charge in [0.2, 0.25) is 23.6 Å². The van der Waals surface area contributed by atoms with Crippen LogP contribution < -0.4 is 27.4 Å². The lowest BCUT2D eigenvalue weighted by molar-refractivity contribution is -0.144. The zero-order valence-electron chi connectivity index (χ0n) is 18.8. The number of nitrogens with one attached hydrogen (secondary N) is 3. The van der Waals surface area contributed by atoms with Crippen molar-refractivity contribution in [3.05, 3.63) is 0 Å². The minimum absolute atomic E-state index is 0.317. The Morgan fingerprint density at radius 2 is 1.45 bits per heavy atom. The lowest BCUT2D eigenvalue weighted by Gasteiger charge is -2.26. The van der Waals surface area contributed by atoms with E-state index in [0.29, 0.717) is 12.2 Å². The Bertz CT molecular complexity index is 733. The Morgan fingerprint density at radius 3 is 1.91 bits per heavy atom. The molecule has 0 aromatic rings. The first kappa shape index (κ1) is 30.1. The number of amides is 4. The van der Waals surface area contributed by atoms with E-state index in [2.05, 4.69) is 16.0 Å². The molecule has 14 heteroatoms. The number of thioether (sulfide) groups is 1. The molecule has 0 radical (unpaired) electrons. The molecule has 0 aliphatic rings. The van der Waals surface area contributed by atoms with E-state index in [4.69, 9.17) is 16.6 Å². The van der Waals surface area contributed by atoms with Crippen molar-refractivity contribution in [1.82, 2.24) is 16.0 Å². The molecule has 4 amide bonds. The topological polar surface area (TPSA) is 231 Å². The van der Waals surface area contributed by atoms with E-state index in [9.17, 15) is 33.9 Å². The van der Waals surface area contributed by atoms with Gasteiger partial charge in [-0.15, -0.1) is 0 Å². The van der Waals surface area contributed by atoms with Gasteiger partial charge in [0.05, 0.1) is 12.5 Å². The molecule has 188 valence electrons. The summed E-state index contributed by atoms with van der Waals surface area (Å²) in [6.07, 6.45) is 0.747. The minimum Gasteiger partial charge on any atom is -0.481 e. The molecule has 4 atom stereocenters. The van der Waals surface area contributed by atoms with Crippen molar-refractivity contribution in [3.8, 4) is 0 Å². The third-order valence-electron chi connectivity index (χ3n) is 4.52. The van der Waals surface area contributed by atoms with Crippen molar-refractivity contribution in [2.24, 2.45) is 17.4 Å². The maximum Gasteiger partial charge on any atom is 0.326 e. The highest BCUT2D eigenvalue weighted by molar-refractivity contribution is 7.98. The maximum atomic E-state index is 12.8. The highest BCUT2D eigenvalue weighted by Crippen LogP contribution is 2.07. The normalized spacial score (nSPS) is 14.5. The Labute approximate surface area is 195 Å². The first-order valence-electron chi connectivity index (χ1n) is 10.2. The molecule has 0 saturated heterocycles. The van der Waals surface area contributed by atoms with Crippen LogP contribution in [0.15, 0.2) is 0 Å². The van der Waals surface area contributed by atoms with Crippen molar-refractivity contribution in [1.29, 1.82) is 0 Å². The van der Waals surface area contributed by atoms with Crippen LogP contribution in [0.5, 0.6) is 0 Å². The van der Waals surface area contributed by atoms with Crippen molar-refractivity contribution < 1.29 is 39.0 Å². The van der Waals surface area contributed by atoms with Crippen LogP contribution >= 0.6 is 11.8 Å². The average molecular weight is 492 g/mol. The molecule has 0 fully saturated rings. The van der Waals surface area contributed by atoms with Crippen molar-refractivity contribution in [2.45, 2.75) is 63.7 Å². The van der Waals surface area contributed by atoms with Crippen LogP contribution in [0.3, 0.4) is 0 Å². The van der Waals surface area contributed by atoms with Crippen LogP contribution in [0.4, 0.5) is 0 Å². The van der Waals surface area contributed by atoms with Gasteiger partial charge in [-0.2, -0.15) is 11.8 Å². The van der Waals surface area contributed by atoms with Crippen molar-refractivity contribution >= 4 is 47.3 Å². The molecule has 9 N–H and O–H groups in total. The van der Waals surface area contributed by atoms with Crippen LogP contribution in [-0.2, 0) is 28.8 Å². The van der Waals surface area contributed by atoms with Crippen LogP contribution in [0.25, 0.3) is 0 Å². The number of aliphatic carboxylic acids is 2. The van der Waals surface area contributed by atoms with E-state index >= 15 is 0 Å². The lowest BCUT2D eigenvalue weighted by atomic mass is 10.0. The van der Waals surface area contributed by atoms with Gasteiger partial charge in [-0.05, 0) is 30.8 Å². The summed E-state index contributed by atoms with van der Waals surface area (Å²) >= 11 is 1.50. The number of nitrogens with two attached hydrogens (primary N) is 2. The van der Waals surface area contributed by atoms with Gasteiger partial charge in [-0.3, -0.25) is 24.0 Å². The van der Waals surface area contributed by atoms with Crippen LogP contribution in [0.2, 0.25) is 0 Å². The molecule has 0 saturated carbocycles.